The summed E-state index contributed by atoms with van der Waals surface area (Å²) in [7, 11) is 0. The summed E-state index contributed by atoms with van der Waals surface area (Å²) in [5.74, 6) is 0. The van der Waals surface area contributed by atoms with Gasteiger partial charge < -0.3 is 5.32 Å². The van der Waals surface area contributed by atoms with Crippen molar-refractivity contribution in [2.24, 2.45) is 0 Å². The second kappa shape index (κ2) is 5.25. The number of anilines is 1. The standard InChI is InChI=1S/C17H18N2S/c1-17(2,16-8-5-11-20-16)12-19-15-9-10-18-14-7-4-3-6-13(14)15/h3-11H,12H2,1-2H3,(H,18,19). The number of pyridine rings is 1. The fourth-order valence-electron chi connectivity index (χ4n) is 2.32. The van der Waals surface area contributed by atoms with Crippen LogP contribution in [0.1, 0.15) is 18.7 Å². The predicted octanol–water partition coefficient (Wildman–Crippen LogP) is 4.69. The van der Waals surface area contributed by atoms with Crippen LogP contribution in [0.25, 0.3) is 10.9 Å². The summed E-state index contributed by atoms with van der Waals surface area (Å²) in [6.07, 6.45) is 1.86. The van der Waals surface area contributed by atoms with E-state index in [-0.39, 0.29) is 5.41 Å². The van der Waals surface area contributed by atoms with Crippen LogP contribution in [0.3, 0.4) is 0 Å². The van der Waals surface area contributed by atoms with Gasteiger partial charge in [0.05, 0.1) is 5.52 Å². The Morgan fingerprint density at radius 2 is 1.95 bits per heavy atom. The second-order valence-electron chi connectivity index (χ2n) is 5.59. The molecule has 0 radical (unpaired) electrons. The molecule has 0 fully saturated rings. The van der Waals surface area contributed by atoms with Gasteiger partial charge in [-0.15, -0.1) is 11.3 Å². The minimum absolute atomic E-state index is 0.124. The van der Waals surface area contributed by atoms with E-state index in [1.54, 1.807) is 0 Å². The number of para-hydroxylation sites is 1. The van der Waals surface area contributed by atoms with Crippen LogP contribution in [0.4, 0.5) is 5.69 Å². The number of rotatable bonds is 4. The van der Waals surface area contributed by atoms with Gasteiger partial charge >= 0.3 is 0 Å². The Balaban J connectivity index is 1.84. The van der Waals surface area contributed by atoms with Crippen LogP contribution in [-0.4, -0.2) is 11.5 Å². The van der Waals surface area contributed by atoms with Gasteiger partial charge in [-0.2, -0.15) is 0 Å². The first kappa shape index (κ1) is 13.1. The number of thiophene rings is 1. The fourth-order valence-corrected chi connectivity index (χ4v) is 3.17. The zero-order chi connectivity index (χ0) is 14.0. The SMILES string of the molecule is CC(C)(CNc1ccnc2ccccc12)c1cccs1. The van der Waals surface area contributed by atoms with Gasteiger partial charge in [0, 0.05) is 34.1 Å². The molecular formula is C17H18N2S. The lowest BCUT2D eigenvalue weighted by Crippen LogP contribution is -2.26. The van der Waals surface area contributed by atoms with Crippen LogP contribution in [0.15, 0.2) is 54.0 Å². The van der Waals surface area contributed by atoms with Gasteiger partial charge in [0.15, 0.2) is 0 Å². The molecule has 20 heavy (non-hydrogen) atoms. The van der Waals surface area contributed by atoms with Crippen molar-refractivity contribution in [1.29, 1.82) is 0 Å². The van der Waals surface area contributed by atoms with E-state index in [1.807, 2.05) is 35.7 Å². The third-order valence-corrected chi connectivity index (χ3v) is 4.79. The van der Waals surface area contributed by atoms with Crippen molar-refractivity contribution < 1.29 is 0 Å². The molecule has 0 atom stereocenters. The average molecular weight is 282 g/mol. The molecule has 3 aromatic rings. The van der Waals surface area contributed by atoms with Crippen molar-refractivity contribution >= 4 is 27.9 Å². The molecule has 0 saturated heterocycles. The number of benzene rings is 1. The molecule has 3 heteroatoms. The largest absolute Gasteiger partial charge is 0.384 e. The van der Waals surface area contributed by atoms with Gasteiger partial charge in [-0.1, -0.05) is 38.1 Å². The smallest absolute Gasteiger partial charge is 0.0722 e. The minimum Gasteiger partial charge on any atom is -0.384 e. The molecule has 0 aliphatic heterocycles. The maximum absolute atomic E-state index is 4.40. The summed E-state index contributed by atoms with van der Waals surface area (Å²) in [6, 6.07) is 14.6. The van der Waals surface area contributed by atoms with E-state index < -0.39 is 0 Å². The number of nitrogens with zero attached hydrogens (tertiary/aromatic N) is 1. The average Bonchev–Trinajstić information content (AvgIpc) is 3.00. The molecule has 0 unspecified atom stereocenters. The molecule has 2 aromatic heterocycles. The van der Waals surface area contributed by atoms with Crippen molar-refractivity contribution in [1.82, 2.24) is 4.98 Å². The van der Waals surface area contributed by atoms with E-state index in [4.69, 9.17) is 0 Å². The van der Waals surface area contributed by atoms with Gasteiger partial charge in [0.1, 0.15) is 0 Å². The quantitative estimate of drug-likeness (QED) is 0.751. The number of aromatic nitrogens is 1. The molecule has 0 aliphatic carbocycles. The van der Waals surface area contributed by atoms with E-state index in [2.05, 4.69) is 53.8 Å². The molecule has 0 saturated carbocycles. The topological polar surface area (TPSA) is 24.9 Å². The van der Waals surface area contributed by atoms with Crippen LogP contribution in [-0.2, 0) is 5.41 Å². The molecule has 2 heterocycles. The Kier molecular flexibility index (Phi) is 3.45. The van der Waals surface area contributed by atoms with E-state index in [0.717, 1.165) is 17.7 Å². The lowest BCUT2D eigenvalue weighted by atomic mass is 9.91. The molecule has 1 N–H and O–H groups in total. The summed E-state index contributed by atoms with van der Waals surface area (Å²) in [5.41, 5.74) is 2.31. The zero-order valence-electron chi connectivity index (χ0n) is 11.8. The summed E-state index contributed by atoms with van der Waals surface area (Å²) < 4.78 is 0. The summed E-state index contributed by atoms with van der Waals surface area (Å²) in [4.78, 5) is 5.80. The maximum atomic E-state index is 4.40. The molecule has 0 amide bonds. The third kappa shape index (κ3) is 2.54. The van der Waals surface area contributed by atoms with Gasteiger partial charge in [0.25, 0.3) is 0 Å². The van der Waals surface area contributed by atoms with Gasteiger partial charge in [-0.3, -0.25) is 4.98 Å². The zero-order valence-corrected chi connectivity index (χ0v) is 12.6. The number of hydrogen-bond donors (Lipinski definition) is 1. The first-order valence-corrected chi connectivity index (χ1v) is 7.66. The highest BCUT2D eigenvalue weighted by atomic mass is 32.1. The Hall–Kier alpha value is -1.87. The highest BCUT2D eigenvalue weighted by Gasteiger charge is 2.21. The van der Waals surface area contributed by atoms with E-state index in [1.165, 1.54) is 10.3 Å². The molecule has 2 nitrogen and oxygen atoms in total. The maximum Gasteiger partial charge on any atom is 0.0722 e. The Morgan fingerprint density at radius 3 is 2.75 bits per heavy atom. The number of fused-ring (bicyclic) bond motifs is 1. The summed E-state index contributed by atoms with van der Waals surface area (Å²) >= 11 is 1.82. The van der Waals surface area contributed by atoms with Crippen LogP contribution in [0, 0.1) is 0 Å². The van der Waals surface area contributed by atoms with Crippen LogP contribution < -0.4 is 5.32 Å². The van der Waals surface area contributed by atoms with E-state index in [0.29, 0.717) is 0 Å². The highest BCUT2D eigenvalue weighted by Crippen LogP contribution is 2.29. The molecular weight excluding hydrogens is 264 g/mol. The molecule has 0 spiro atoms. The van der Waals surface area contributed by atoms with Crippen LogP contribution in [0.2, 0.25) is 0 Å². The van der Waals surface area contributed by atoms with Gasteiger partial charge in [-0.05, 0) is 23.6 Å². The fraction of sp³-hybridized carbons (Fsp3) is 0.235. The monoisotopic (exact) mass is 282 g/mol. The van der Waals surface area contributed by atoms with Crippen molar-refractivity contribution in [3.8, 4) is 0 Å². The first-order valence-electron chi connectivity index (χ1n) is 6.78. The lowest BCUT2D eigenvalue weighted by Gasteiger charge is -2.24. The van der Waals surface area contributed by atoms with Crippen molar-refractivity contribution in [2.45, 2.75) is 19.3 Å². The molecule has 1 aromatic carbocycles. The highest BCUT2D eigenvalue weighted by molar-refractivity contribution is 7.10. The van der Waals surface area contributed by atoms with Crippen molar-refractivity contribution in [2.75, 3.05) is 11.9 Å². The molecule has 0 aliphatic rings. The first-order chi connectivity index (χ1) is 9.67. The Labute approximate surface area is 123 Å². The Bertz CT molecular complexity index is 697. The summed E-state index contributed by atoms with van der Waals surface area (Å²) in [5, 5.41) is 6.90. The lowest BCUT2D eigenvalue weighted by molar-refractivity contribution is 0.569. The van der Waals surface area contributed by atoms with E-state index in [9.17, 15) is 0 Å². The number of hydrogen-bond acceptors (Lipinski definition) is 3. The van der Waals surface area contributed by atoms with Crippen molar-refractivity contribution in [3.05, 3.63) is 58.9 Å². The number of nitrogens with one attached hydrogen (secondary N) is 1. The predicted molar refractivity (Wildman–Crippen MR) is 87.6 cm³/mol. The normalized spacial score (nSPS) is 11.7. The van der Waals surface area contributed by atoms with Gasteiger partial charge in [0.2, 0.25) is 0 Å². The van der Waals surface area contributed by atoms with Crippen LogP contribution >= 0.6 is 11.3 Å². The second-order valence-corrected chi connectivity index (χ2v) is 6.54. The van der Waals surface area contributed by atoms with Crippen molar-refractivity contribution in [3.63, 3.8) is 0 Å². The van der Waals surface area contributed by atoms with E-state index >= 15 is 0 Å². The molecule has 0 bridgehead atoms. The van der Waals surface area contributed by atoms with Crippen LogP contribution in [0.5, 0.6) is 0 Å². The minimum atomic E-state index is 0.124. The Morgan fingerprint density at radius 1 is 1.10 bits per heavy atom. The summed E-state index contributed by atoms with van der Waals surface area (Å²) in [6.45, 7) is 5.45. The molecule has 3 rings (SSSR count). The van der Waals surface area contributed by atoms with Gasteiger partial charge in [-0.25, -0.2) is 0 Å². The molecule has 102 valence electrons. The third-order valence-electron chi connectivity index (χ3n) is 3.56.